The molecule has 1 aliphatic heterocycles. The summed E-state index contributed by atoms with van der Waals surface area (Å²) in [6.45, 7) is 0.871. The number of hydrogen-bond donors (Lipinski definition) is 1. The lowest BCUT2D eigenvalue weighted by atomic mass is 10.1. The van der Waals surface area contributed by atoms with Crippen LogP contribution >= 0.6 is 0 Å². The molecule has 2 rings (SSSR count). The molecule has 86 valence electrons. The van der Waals surface area contributed by atoms with Crippen LogP contribution in [0.1, 0.15) is 11.1 Å². The van der Waals surface area contributed by atoms with Crippen molar-refractivity contribution in [2.45, 2.75) is 12.7 Å². The molecule has 0 radical (unpaired) electrons. The molecule has 0 saturated heterocycles. The number of benzene rings is 1. The molecular weight excluding hydrogens is 223 g/mol. The van der Waals surface area contributed by atoms with E-state index in [-0.39, 0.29) is 0 Å². The van der Waals surface area contributed by atoms with Gasteiger partial charge in [0.2, 0.25) is 0 Å². The van der Waals surface area contributed by atoms with Crippen molar-refractivity contribution >= 4 is 12.2 Å². The van der Waals surface area contributed by atoms with Crippen LogP contribution in [0.4, 0.5) is 13.2 Å². The van der Waals surface area contributed by atoms with E-state index in [1.165, 1.54) is 11.1 Å². The van der Waals surface area contributed by atoms with Gasteiger partial charge >= 0.3 is 12.1 Å². The Morgan fingerprint density at radius 2 is 1.88 bits per heavy atom. The SMILES string of the molecule is C1=NCc2ccccc21.O=C(O)C(F)(F)F. The first kappa shape index (κ1) is 12.2. The average molecular weight is 231 g/mol. The van der Waals surface area contributed by atoms with E-state index in [0.29, 0.717) is 0 Å². The standard InChI is InChI=1S/C8H7N.C2HF3O2/c1-2-4-8-6-9-5-7(8)3-1;3-2(4,5)1(6)7/h1-5H,6H2;(H,6,7). The van der Waals surface area contributed by atoms with E-state index in [1.807, 2.05) is 18.3 Å². The number of aliphatic carboxylic acids is 1. The second-order valence-corrected chi connectivity index (χ2v) is 2.97. The van der Waals surface area contributed by atoms with Crippen molar-refractivity contribution in [3.8, 4) is 0 Å². The van der Waals surface area contributed by atoms with Gasteiger partial charge in [-0.15, -0.1) is 0 Å². The van der Waals surface area contributed by atoms with Crippen LogP contribution in [0, 0.1) is 0 Å². The van der Waals surface area contributed by atoms with Crippen molar-refractivity contribution in [2.75, 3.05) is 0 Å². The summed E-state index contributed by atoms with van der Waals surface area (Å²) in [4.78, 5) is 13.0. The van der Waals surface area contributed by atoms with Crippen molar-refractivity contribution in [3.05, 3.63) is 35.4 Å². The van der Waals surface area contributed by atoms with E-state index in [1.54, 1.807) is 0 Å². The van der Waals surface area contributed by atoms with Crippen molar-refractivity contribution in [2.24, 2.45) is 4.99 Å². The number of carboxylic acids is 1. The van der Waals surface area contributed by atoms with Gasteiger partial charge in [-0.25, -0.2) is 4.79 Å². The topological polar surface area (TPSA) is 49.7 Å². The number of carbonyl (C=O) groups is 1. The van der Waals surface area contributed by atoms with E-state index in [2.05, 4.69) is 17.1 Å². The van der Waals surface area contributed by atoms with E-state index in [4.69, 9.17) is 9.90 Å². The quantitative estimate of drug-likeness (QED) is 0.744. The van der Waals surface area contributed by atoms with Crippen LogP contribution in [0.15, 0.2) is 29.3 Å². The van der Waals surface area contributed by atoms with Gasteiger partial charge < -0.3 is 5.11 Å². The minimum absolute atomic E-state index is 0.871. The molecule has 1 N–H and O–H groups in total. The van der Waals surface area contributed by atoms with Gasteiger partial charge in [-0.3, -0.25) is 4.99 Å². The minimum Gasteiger partial charge on any atom is -0.475 e. The molecule has 16 heavy (non-hydrogen) atoms. The maximum atomic E-state index is 10.6. The van der Waals surface area contributed by atoms with Gasteiger partial charge in [-0.1, -0.05) is 24.3 Å². The van der Waals surface area contributed by atoms with E-state index in [9.17, 15) is 13.2 Å². The molecule has 1 aromatic carbocycles. The molecule has 0 saturated carbocycles. The predicted molar refractivity (Wildman–Crippen MR) is 51.4 cm³/mol. The normalized spacial score (nSPS) is 12.7. The summed E-state index contributed by atoms with van der Waals surface area (Å²) in [5.41, 5.74) is 2.62. The Morgan fingerprint density at radius 1 is 1.31 bits per heavy atom. The fraction of sp³-hybridized carbons (Fsp3) is 0.200. The Kier molecular flexibility index (Phi) is 3.65. The molecule has 1 aliphatic rings. The highest BCUT2D eigenvalue weighted by atomic mass is 19.4. The lowest BCUT2D eigenvalue weighted by Crippen LogP contribution is -2.21. The highest BCUT2D eigenvalue weighted by Gasteiger charge is 2.38. The van der Waals surface area contributed by atoms with Crippen LogP contribution in [0.5, 0.6) is 0 Å². The van der Waals surface area contributed by atoms with Gasteiger partial charge in [0.1, 0.15) is 0 Å². The maximum absolute atomic E-state index is 10.6. The summed E-state index contributed by atoms with van der Waals surface area (Å²) in [6, 6.07) is 8.29. The Hall–Kier alpha value is -1.85. The van der Waals surface area contributed by atoms with Crippen molar-refractivity contribution < 1.29 is 23.1 Å². The summed E-state index contributed by atoms with van der Waals surface area (Å²) in [5.74, 6) is -2.76. The zero-order valence-corrected chi connectivity index (χ0v) is 8.03. The fourth-order valence-electron chi connectivity index (χ4n) is 1.05. The molecule has 0 bridgehead atoms. The van der Waals surface area contributed by atoms with Gasteiger partial charge in [0.15, 0.2) is 0 Å². The summed E-state index contributed by atoms with van der Waals surface area (Å²) in [7, 11) is 0. The summed E-state index contributed by atoms with van der Waals surface area (Å²) in [6.07, 6.45) is -3.16. The Labute approximate surface area is 89.2 Å². The first-order valence-electron chi connectivity index (χ1n) is 4.29. The molecule has 0 aromatic heterocycles. The van der Waals surface area contributed by atoms with E-state index >= 15 is 0 Å². The molecule has 6 heteroatoms. The maximum Gasteiger partial charge on any atom is 0.490 e. The van der Waals surface area contributed by atoms with Crippen molar-refractivity contribution in [3.63, 3.8) is 0 Å². The summed E-state index contributed by atoms with van der Waals surface area (Å²) in [5, 5.41) is 7.12. The van der Waals surface area contributed by atoms with Crippen LogP contribution < -0.4 is 0 Å². The number of carboxylic acid groups (broad SMARTS) is 1. The number of fused-ring (bicyclic) bond motifs is 1. The molecule has 0 spiro atoms. The molecule has 1 aromatic rings. The van der Waals surface area contributed by atoms with E-state index < -0.39 is 12.1 Å². The smallest absolute Gasteiger partial charge is 0.475 e. The van der Waals surface area contributed by atoms with E-state index in [0.717, 1.165) is 6.54 Å². The van der Waals surface area contributed by atoms with Gasteiger partial charge in [0.25, 0.3) is 0 Å². The molecule has 0 fully saturated rings. The molecule has 0 amide bonds. The molecule has 1 heterocycles. The number of nitrogens with zero attached hydrogens (tertiary/aromatic N) is 1. The van der Waals surface area contributed by atoms with Gasteiger partial charge in [0, 0.05) is 6.21 Å². The average Bonchev–Trinajstić information content (AvgIpc) is 2.64. The Morgan fingerprint density at radius 3 is 2.38 bits per heavy atom. The fourth-order valence-corrected chi connectivity index (χ4v) is 1.05. The minimum atomic E-state index is -5.08. The highest BCUT2D eigenvalue weighted by Crippen LogP contribution is 2.13. The number of alkyl halides is 3. The molecular formula is C10H8F3NO2. The zero-order chi connectivity index (χ0) is 12.2. The first-order chi connectivity index (χ1) is 7.41. The van der Waals surface area contributed by atoms with Crippen LogP contribution in [-0.4, -0.2) is 23.5 Å². The largest absolute Gasteiger partial charge is 0.490 e. The third-order valence-electron chi connectivity index (χ3n) is 1.79. The number of halogens is 3. The molecule has 0 unspecified atom stereocenters. The number of hydrogen-bond acceptors (Lipinski definition) is 2. The zero-order valence-electron chi connectivity index (χ0n) is 8.03. The van der Waals surface area contributed by atoms with Crippen LogP contribution in [0.2, 0.25) is 0 Å². The Bertz CT molecular complexity index is 413. The number of aliphatic imine (C=N–C) groups is 1. The second kappa shape index (κ2) is 4.78. The van der Waals surface area contributed by atoms with Gasteiger partial charge in [-0.05, 0) is 11.1 Å². The van der Waals surface area contributed by atoms with Crippen LogP contribution in [-0.2, 0) is 11.3 Å². The van der Waals surface area contributed by atoms with Crippen molar-refractivity contribution in [1.82, 2.24) is 0 Å². The molecule has 0 atom stereocenters. The Balaban J connectivity index is 0.000000168. The third kappa shape index (κ3) is 3.38. The molecule has 0 aliphatic carbocycles. The van der Waals surface area contributed by atoms with Crippen LogP contribution in [0.25, 0.3) is 0 Å². The third-order valence-corrected chi connectivity index (χ3v) is 1.79. The lowest BCUT2D eigenvalue weighted by molar-refractivity contribution is -0.192. The van der Waals surface area contributed by atoms with Crippen LogP contribution in [0.3, 0.4) is 0 Å². The summed E-state index contributed by atoms with van der Waals surface area (Å²) < 4.78 is 31.7. The first-order valence-corrected chi connectivity index (χ1v) is 4.29. The highest BCUT2D eigenvalue weighted by molar-refractivity contribution is 5.84. The lowest BCUT2D eigenvalue weighted by Gasteiger charge is -1.93. The molecule has 3 nitrogen and oxygen atoms in total. The number of rotatable bonds is 0. The van der Waals surface area contributed by atoms with Gasteiger partial charge in [0.05, 0.1) is 6.54 Å². The predicted octanol–water partition coefficient (Wildman–Crippen LogP) is 2.25. The summed E-state index contributed by atoms with van der Waals surface area (Å²) >= 11 is 0. The monoisotopic (exact) mass is 231 g/mol. The van der Waals surface area contributed by atoms with Crippen molar-refractivity contribution in [1.29, 1.82) is 0 Å². The van der Waals surface area contributed by atoms with Gasteiger partial charge in [-0.2, -0.15) is 13.2 Å². The second-order valence-electron chi connectivity index (χ2n) is 2.97.